The fraction of sp³-hybridized carbons (Fsp3) is 0.519. The lowest BCUT2D eigenvalue weighted by molar-refractivity contribution is 0.0474. The molecule has 2 fully saturated rings. The van der Waals surface area contributed by atoms with E-state index in [1.807, 2.05) is 24.3 Å². The predicted octanol–water partition coefficient (Wildman–Crippen LogP) is 3.10. The Kier molecular flexibility index (Phi) is 8.29. The van der Waals surface area contributed by atoms with E-state index in [-0.39, 0.29) is 5.91 Å². The molecule has 1 amide bonds. The summed E-state index contributed by atoms with van der Waals surface area (Å²) in [5.74, 6) is 1.55. The number of carbonyl (C=O) groups is 1. The van der Waals surface area contributed by atoms with Crippen molar-refractivity contribution < 1.29 is 19.4 Å². The maximum atomic E-state index is 12.7. The molecule has 0 spiro atoms. The first-order valence-electron chi connectivity index (χ1n) is 12.3. The van der Waals surface area contributed by atoms with Gasteiger partial charge in [0.15, 0.2) is 11.5 Å². The predicted molar refractivity (Wildman–Crippen MR) is 134 cm³/mol. The number of piperidine rings is 2. The topological polar surface area (TPSA) is 74.3 Å². The minimum atomic E-state index is -0.397. The molecular weight excluding hydrogens is 430 g/mol. The van der Waals surface area contributed by atoms with Crippen molar-refractivity contribution in [2.45, 2.75) is 44.2 Å². The number of nitrogens with one attached hydrogen (secondary N) is 1. The second kappa shape index (κ2) is 11.6. The number of hydrogen-bond acceptors (Lipinski definition) is 6. The van der Waals surface area contributed by atoms with Crippen LogP contribution in [-0.2, 0) is 6.42 Å². The van der Waals surface area contributed by atoms with Crippen molar-refractivity contribution in [1.29, 1.82) is 0 Å². The number of rotatable bonds is 8. The van der Waals surface area contributed by atoms with Gasteiger partial charge >= 0.3 is 0 Å². The molecule has 2 N–H and O–H groups in total. The van der Waals surface area contributed by atoms with E-state index in [1.165, 1.54) is 11.3 Å². The number of aliphatic hydroxyl groups is 1. The van der Waals surface area contributed by atoms with Gasteiger partial charge in [0.1, 0.15) is 0 Å². The van der Waals surface area contributed by atoms with Gasteiger partial charge in [0, 0.05) is 43.5 Å². The van der Waals surface area contributed by atoms with Crippen LogP contribution in [0.15, 0.2) is 42.5 Å². The Balaban J connectivity index is 1.22. The zero-order chi connectivity index (χ0) is 23.9. The van der Waals surface area contributed by atoms with E-state index in [9.17, 15) is 9.90 Å². The highest BCUT2D eigenvalue weighted by Crippen LogP contribution is 2.28. The molecule has 4 rings (SSSR count). The van der Waals surface area contributed by atoms with Crippen LogP contribution in [-0.4, -0.2) is 75.0 Å². The van der Waals surface area contributed by atoms with E-state index in [0.29, 0.717) is 18.2 Å². The molecule has 0 radical (unpaired) electrons. The molecule has 34 heavy (non-hydrogen) atoms. The molecule has 2 aliphatic rings. The molecule has 7 nitrogen and oxygen atoms in total. The molecule has 2 saturated heterocycles. The largest absolute Gasteiger partial charge is 0.493 e. The number of methoxy groups -OCH3 is 2. The van der Waals surface area contributed by atoms with Crippen LogP contribution in [0.4, 0.5) is 5.69 Å². The molecular formula is C27H37N3O4. The second-order valence-electron chi connectivity index (χ2n) is 9.25. The number of aliphatic hydroxyl groups excluding tert-OH is 1. The molecule has 2 aromatic carbocycles. The SMILES string of the molecule is COc1ccc(CCNC2CCN(c3ccc(C(=O)N4CCC[C@H](O)C4)cc3)CC2)cc1OC. The number of nitrogens with zero attached hydrogens (tertiary/aromatic N) is 2. The third-order valence-corrected chi connectivity index (χ3v) is 6.95. The molecule has 0 unspecified atom stereocenters. The van der Waals surface area contributed by atoms with Crippen LogP contribution in [0.3, 0.4) is 0 Å². The number of likely N-dealkylation sites (tertiary alicyclic amines) is 1. The zero-order valence-electron chi connectivity index (χ0n) is 20.3. The summed E-state index contributed by atoms with van der Waals surface area (Å²) in [5, 5.41) is 13.6. The monoisotopic (exact) mass is 467 g/mol. The second-order valence-corrected chi connectivity index (χ2v) is 9.25. The van der Waals surface area contributed by atoms with Crippen molar-refractivity contribution in [1.82, 2.24) is 10.2 Å². The Bertz CT molecular complexity index is 941. The number of hydrogen-bond donors (Lipinski definition) is 2. The summed E-state index contributed by atoms with van der Waals surface area (Å²) in [7, 11) is 3.32. The Hall–Kier alpha value is -2.77. The van der Waals surface area contributed by atoms with Gasteiger partial charge in [0.25, 0.3) is 5.91 Å². The molecule has 0 saturated carbocycles. The molecule has 1 atom stereocenters. The van der Waals surface area contributed by atoms with Gasteiger partial charge in [-0.05, 0) is 80.6 Å². The summed E-state index contributed by atoms with van der Waals surface area (Å²) in [4.78, 5) is 16.9. The third-order valence-electron chi connectivity index (χ3n) is 6.95. The van der Waals surface area contributed by atoms with Gasteiger partial charge in [-0.2, -0.15) is 0 Å². The van der Waals surface area contributed by atoms with Crippen LogP contribution < -0.4 is 19.7 Å². The van der Waals surface area contributed by atoms with Gasteiger partial charge in [-0.25, -0.2) is 0 Å². The van der Waals surface area contributed by atoms with Gasteiger partial charge in [-0.1, -0.05) is 6.07 Å². The standard InChI is InChI=1S/C27H37N3O4/c1-33-25-10-5-20(18-26(25)34-2)11-14-28-22-12-16-29(17-13-22)23-8-6-21(7-9-23)27(32)30-15-3-4-24(31)19-30/h5-10,18,22,24,28,31H,3-4,11-17,19H2,1-2H3/t24-/m0/s1. The average molecular weight is 468 g/mol. The smallest absolute Gasteiger partial charge is 0.253 e. The van der Waals surface area contributed by atoms with Crippen LogP contribution in [0, 0.1) is 0 Å². The molecule has 7 heteroatoms. The first-order valence-corrected chi connectivity index (χ1v) is 12.3. The lowest BCUT2D eigenvalue weighted by atomic mass is 10.0. The highest BCUT2D eigenvalue weighted by Gasteiger charge is 2.24. The maximum Gasteiger partial charge on any atom is 0.253 e. The molecule has 2 aliphatic heterocycles. The van der Waals surface area contributed by atoms with Gasteiger partial charge in [-0.15, -0.1) is 0 Å². The normalized spacial score (nSPS) is 19.2. The van der Waals surface area contributed by atoms with Crippen LogP contribution >= 0.6 is 0 Å². The number of β-amino-alcohol motifs (C(OH)–C–C–N with tert-alkyl or cyclic N) is 1. The Morgan fingerprint density at radius 3 is 2.41 bits per heavy atom. The summed E-state index contributed by atoms with van der Waals surface area (Å²) >= 11 is 0. The molecule has 2 aromatic rings. The zero-order valence-corrected chi connectivity index (χ0v) is 20.3. The van der Waals surface area contributed by atoms with Crippen molar-refractivity contribution in [2.75, 3.05) is 51.8 Å². The number of anilines is 1. The molecule has 0 bridgehead atoms. The fourth-order valence-electron chi connectivity index (χ4n) is 4.94. The Labute approximate surface area is 202 Å². The van der Waals surface area contributed by atoms with Gasteiger partial charge < -0.3 is 29.7 Å². The van der Waals surface area contributed by atoms with Gasteiger partial charge in [0.2, 0.25) is 0 Å². The Morgan fingerprint density at radius 1 is 1.00 bits per heavy atom. The number of carbonyl (C=O) groups excluding carboxylic acids is 1. The minimum Gasteiger partial charge on any atom is -0.493 e. The average Bonchev–Trinajstić information content (AvgIpc) is 2.88. The summed E-state index contributed by atoms with van der Waals surface area (Å²) in [6, 6.07) is 14.6. The van der Waals surface area contributed by atoms with Crippen molar-refractivity contribution in [3.63, 3.8) is 0 Å². The third kappa shape index (κ3) is 6.02. The minimum absolute atomic E-state index is 0.0164. The lowest BCUT2D eigenvalue weighted by Gasteiger charge is -2.34. The summed E-state index contributed by atoms with van der Waals surface area (Å²) < 4.78 is 10.7. The first-order chi connectivity index (χ1) is 16.6. The lowest BCUT2D eigenvalue weighted by Crippen LogP contribution is -2.43. The summed E-state index contributed by atoms with van der Waals surface area (Å²) in [5.41, 5.74) is 3.10. The highest BCUT2D eigenvalue weighted by molar-refractivity contribution is 5.94. The molecule has 0 aliphatic carbocycles. The van der Waals surface area contributed by atoms with E-state index in [1.54, 1.807) is 19.1 Å². The quantitative estimate of drug-likeness (QED) is 0.622. The molecule has 2 heterocycles. The van der Waals surface area contributed by atoms with Crippen LogP contribution in [0.2, 0.25) is 0 Å². The van der Waals surface area contributed by atoms with Crippen LogP contribution in [0.5, 0.6) is 11.5 Å². The van der Waals surface area contributed by atoms with E-state index >= 15 is 0 Å². The van der Waals surface area contributed by atoms with Crippen molar-refractivity contribution in [3.05, 3.63) is 53.6 Å². The first kappa shape index (κ1) is 24.4. The fourth-order valence-corrected chi connectivity index (χ4v) is 4.94. The Morgan fingerprint density at radius 2 is 1.74 bits per heavy atom. The van der Waals surface area contributed by atoms with E-state index < -0.39 is 6.10 Å². The molecule has 184 valence electrons. The summed E-state index contributed by atoms with van der Waals surface area (Å²) in [6.07, 6.45) is 4.39. The highest BCUT2D eigenvalue weighted by atomic mass is 16.5. The summed E-state index contributed by atoms with van der Waals surface area (Å²) in [6.45, 7) is 4.10. The maximum absolute atomic E-state index is 12.7. The van der Waals surface area contributed by atoms with Gasteiger partial charge in [-0.3, -0.25) is 4.79 Å². The van der Waals surface area contributed by atoms with Crippen molar-refractivity contribution >= 4 is 11.6 Å². The number of ether oxygens (including phenoxy) is 2. The molecule has 0 aromatic heterocycles. The van der Waals surface area contributed by atoms with Crippen LogP contribution in [0.1, 0.15) is 41.6 Å². The van der Waals surface area contributed by atoms with Crippen LogP contribution in [0.25, 0.3) is 0 Å². The van der Waals surface area contributed by atoms with E-state index in [4.69, 9.17) is 9.47 Å². The van der Waals surface area contributed by atoms with E-state index in [2.05, 4.69) is 28.4 Å². The number of benzene rings is 2. The van der Waals surface area contributed by atoms with Crippen molar-refractivity contribution in [3.8, 4) is 11.5 Å². The number of amides is 1. The van der Waals surface area contributed by atoms with E-state index in [0.717, 1.165) is 69.8 Å². The van der Waals surface area contributed by atoms with Crippen molar-refractivity contribution in [2.24, 2.45) is 0 Å². The van der Waals surface area contributed by atoms with Gasteiger partial charge in [0.05, 0.1) is 20.3 Å².